The van der Waals surface area contributed by atoms with Gasteiger partial charge < -0.3 is 14.6 Å². The van der Waals surface area contributed by atoms with Gasteiger partial charge in [0.2, 0.25) is 0 Å². The molecule has 20 heavy (non-hydrogen) atoms. The Labute approximate surface area is 118 Å². The first-order chi connectivity index (χ1) is 9.43. The van der Waals surface area contributed by atoms with Crippen LogP contribution in [0.4, 0.5) is 4.79 Å². The summed E-state index contributed by atoms with van der Waals surface area (Å²) < 4.78 is 0. The van der Waals surface area contributed by atoms with E-state index in [4.69, 9.17) is 0 Å². The molecule has 0 aliphatic carbocycles. The average Bonchev–Trinajstić information content (AvgIpc) is 2.77. The van der Waals surface area contributed by atoms with Crippen molar-refractivity contribution in [1.29, 1.82) is 0 Å². The molecule has 110 valence electrons. The molecule has 2 atom stereocenters. The van der Waals surface area contributed by atoms with Crippen molar-refractivity contribution in [3.8, 4) is 0 Å². The van der Waals surface area contributed by atoms with Gasteiger partial charge >= 0.3 is 6.03 Å². The summed E-state index contributed by atoms with van der Waals surface area (Å²) in [7, 11) is 3.44. The van der Waals surface area contributed by atoms with E-state index in [1.807, 2.05) is 0 Å². The summed E-state index contributed by atoms with van der Waals surface area (Å²) >= 11 is 0. The molecule has 1 saturated heterocycles. The third-order valence-corrected chi connectivity index (χ3v) is 3.73. The third-order valence-electron chi connectivity index (χ3n) is 3.73. The highest BCUT2D eigenvalue weighted by atomic mass is 16.2. The van der Waals surface area contributed by atoms with Gasteiger partial charge in [-0.05, 0) is 19.8 Å². The summed E-state index contributed by atoms with van der Waals surface area (Å²) in [4.78, 5) is 44.2. The molecule has 0 spiro atoms. The SMILES string of the molecule is CC(=O)CCCCN1C(=O)C2C(N=CN2C)N(C)C1=O. The number of urea groups is 1. The fraction of sp³-hybridized carbons (Fsp3) is 0.692. The van der Waals surface area contributed by atoms with Crippen LogP contribution in [0.25, 0.3) is 0 Å². The summed E-state index contributed by atoms with van der Waals surface area (Å²) in [5, 5.41) is 0. The van der Waals surface area contributed by atoms with E-state index >= 15 is 0 Å². The van der Waals surface area contributed by atoms with Gasteiger partial charge in [0.25, 0.3) is 5.91 Å². The zero-order valence-corrected chi connectivity index (χ0v) is 12.1. The van der Waals surface area contributed by atoms with Gasteiger partial charge in [-0.3, -0.25) is 9.69 Å². The Balaban J connectivity index is 2.00. The van der Waals surface area contributed by atoms with Crippen molar-refractivity contribution in [2.45, 2.75) is 38.4 Å². The first-order valence-electron chi connectivity index (χ1n) is 6.76. The number of Topliss-reactive ketones (excluding diaryl/α,β-unsaturated/α-hetero) is 1. The molecule has 0 radical (unpaired) electrons. The second-order valence-electron chi connectivity index (χ2n) is 5.33. The van der Waals surface area contributed by atoms with Crippen molar-refractivity contribution in [1.82, 2.24) is 14.7 Å². The summed E-state index contributed by atoms with van der Waals surface area (Å²) in [5.74, 6) is -0.0802. The second-order valence-corrected chi connectivity index (χ2v) is 5.33. The number of rotatable bonds is 5. The Morgan fingerprint density at radius 3 is 2.65 bits per heavy atom. The van der Waals surface area contributed by atoms with E-state index in [1.54, 1.807) is 32.3 Å². The van der Waals surface area contributed by atoms with Gasteiger partial charge in [0, 0.05) is 27.1 Å². The van der Waals surface area contributed by atoms with E-state index in [0.717, 1.165) is 0 Å². The maximum absolute atomic E-state index is 12.4. The Morgan fingerprint density at radius 1 is 1.30 bits per heavy atom. The van der Waals surface area contributed by atoms with Crippen LogP contribution in [-0.4, -0.2) is 71.6 Å². The Bertz CT molecular complexity index is 463. The Kier molecular flexibility index (Phi) is 4.06. The van der Waals surface area contributed by atoms with Crippen LogP contribution in [-0.2, 0) is 9.59 Å². The molecule has 2 aliphatic rings. The van der Waals surface area contributed by atoms with E-state index in [9.17, 15) is 14.4 Å². The topological polar surface area (TPSA) is 73.3 Å². The fourth-order valence-electron chi connectivity index (χ4n) is 2.56. The monoisotopic (exact) mass is 280 g/mol. The van der Waals surface area contributed by atoms with Crippen molar-refractivity contribution in [3.05, 3.63) is 0 Å². The smallest absolute Gasteiger partial charge is 0.328 e. The van der Waals surface area contributed by atoms with E-state index in [1.165, 1.54) is 9.80 Å². The highest BCUT2D eigenvalue weighted by Crippen LogP contribution is 2.24. The molecule has 0 bridgehead atoms. The molecule has 0 aromatic heterocycles. The number of carbonyl (C=O) groups excluding carboxylic acids is 3. The predicted octanol–water partition coefficient (Wildman–Crippen LogP) is 0.308. The maximum Gasteiger partial charge on any atom is 0.328 e. The molecule has 2 aliphatic heterocycles. The summed E-state index contributed by atoms with van der Waals surface area (Å²) in [6.07, 6.45) is 2.99. The van der Waals surface area contributed by atoms with Crippen LogP contribution in [0.15, 0.2) is 4.99 Å². The molecule has 2 heterocycles. The first-order valence-corrected chi connectivity index (χ1v) is 6.76. The zero-order valence-electron chi connectivity index (χ0n) is 12.1. The zero-order chi connectivity index (χ0) is 14.9. The van der Waals surface area contributed by atoms with Crippen molar-refractivity contribution in [2.75, 3.05) is 20.6 Å². The number of carbonyl (C=O) groups is 3. The molecule has 0 aromatic carbocycles. The van der Waals surface area contributed by atoms with Gasteiger partial charge in [-0.25, -0.2) is 9.79 Å². The molecule has 3 amide bonds. The standard InChI is InChI=1S/C13H20N4O3/c1-9(18)6-4-5-7-17-12(19)10-11(14-8-15(10)2)16(3)13(17)20/h8,10-11H,4-7H2,1-3H3. The third kappa shape index (κ3) is 2.52. The number of hydrogen-bond acceptors (Lipinski definition) is 5. The van der Waals surface area contributed by atoms with Crippen molar-refractivity contribution in [3.63, 3.8) is 0 Å². The first kappa shape index (κ1) is 14.5. The lowest BCUT2D eigenvalue weighted by Crippen LogP contribution is -2.64. The minimum Gasteiger partial charge on any atom is -0.351 e. The van der Waals surface area contributed by atoms with E-state index in [2.05, 4.69) is 4.99 Å². The largest absolute Gasteiger partial charge is 0.351 e. The molecule has 0 aromatic rings. The summed E-state index contributed by atoms with van der Waals surface area (Å²) in [5.41, 5.74) is 0. The number of nitrogens with zero attached hydrogens (tertiary/aromatic N) is 4. The Morgan fingerprint density at radius 2 is 2.00 bits per heavy atom. The van der Waals surface area contributed by atoms with Gasteiger partial charge in [0.1, 0.15) is 5.78 Å². The van der Waals surface area contributed by atoms with Crippen molar-refractivity contribution < 1.29 is 14.4 Å². The molecule has 2 unspecified atom stereocenters. The van der Waals surface area contributed by atoms with Gasteiger partial charge in [-0.2, -0.15) is 0 Å². The van der Waals surface area contributed by atoms with Crippen LogP contribution in [0.2, 0.25) is 0 Å². The highest BCUT2D eigenvalue weighted by molar-refractivity contribution is 6.01. The number of fused-ring (bicyclic) bond motifs is 1. The number of aliphatic imine (C=N–C) groups is 1. The minimum absolute atomic E-state index is 0.127. The quantitative estimate of drug-likeness (QED) is 0.679. The molecule has 0 N–H and O–H groups in total. The Hall–Kier alpha value is -1.92. The van der Waals surface area contributed by atoms with Gasteiger partial charge in [0.05, 0.1) is 6.34 Å². The van der Waals surface area contributed by atoms with Gasteiger partial charge in [-0.15, -0.1) is 0 Å². The molecule has 1 fully saturated rings. The highest BCUT2D eigenvalue weighted by Gasteiger charge is 2.48. The summed E-state index contributed by atoms with van der Waals surface area (Å²) in [6.45, 7) is 1.90. The second kappa shape index (κ2) is 5.60. The van der Waals surface area contributed by atoms with Crippen LogP contribution in [0, 0.1) is 0 Å². The van der Waals surface area contributed by atoms with Crippen LogP contribution < -0.4 is 0 Å². The lowest BCUT2D eigenvalue weighted by atomic mass is 10.1. The molecular formula is C13H20N4O3. The lowest BCUT2D eigenvalue weighted by Gasteiger charge is -2.40. The number of hydrogen-bond donors (Lipinski definition) is 0. The van der Waals surface area contributed by atoms with Crippen LogP contribution >= 0.6 is 0 Å². The van der Waals surface area contributed by atoms with Crippen molar-refractivity contribution >= 4 is 24.1 Å². The summed E-state index contributed by atoms with van der Waals surface area (Å²) in [6, 6.07) is -0.739. The fourth-order valence-corrected chi connectivity index (χ4v) is 2.56. The van der Waals surface area contributed by atoms with Gasteiger partial charge in [-0.1, -0.05) is 0 Å². The maximum atomic E-state index is 12.4. The predicted molar refractivity (Wildman–Crippen MR) is 73.2 cm³/mol. The number of amides is 3. The average molecular weight is 280 g/mol. The van der Waals surface area contributed by atoms with Crippen LogP contribution in [0.3, 0.4) is 0 Å². The van der Waals surface area contributed by atoms with E-state index < -0.39 is 12.2 Å². The number of imide groups is 1. The normalized spacial score (nSPS) is 25.4. The number of unbranched alkanes of at least 4 members (excludes halogenated alkanes) is 1. The van der Waals surface area contributed by atoms with Gasteiger partial charge in [0.15, 0.2) is 12.2 Å². The van der Waals surface area contributed by atoms with E-state index in [0.29, 0.717) is 25.8 Å². The molecule has 2 rings (SSSR count). The van der Waals surface area contributed by atoms with Crippen molar-refractivity contribution in [2.24, 2.45) is 4.99 Å². The van der Waals surface area contributed by atoms with Crippen LogP contribution in [0.1, 0.15) is 26.2 Å². The minimum atomic E-state index is -0.425. The molecular weight excluding hydrogens is 260 g/mol. The molecule has 0 saturated carbocycles. The molecule has 7 heteroatoms. The lowest BCUT2D eigenvalue weighted by molar-refractivity contribution is -0.137. The van der Waals surface area contributed by atoms with E-state index in [-0.39, 0.29) is 17.7 Å². The molecule has 7 nitrogen and oxygen atoms in total. The number of likely N-dealkylation sites (N-methyl/N-ethyl adjacent to an activating group) is 2. The number of ketones is 1. The van der Waals surface area contributed by atoms with Crippen LogP contribution in [0.5, 0.6) is 0 Å².